The van der Waals surface area contributed by atoms with Crippen molar-refractivity contribution >= 4 is 17.5 Å². The molecular formula is C18H25ClN2O. The molecule has 2 aliphatic rings. The Bertz CT molecular complexity index is 534. The first-order chi connectivity index (χ1) is 10.6. The van der Waals surface area contributed by atoms with Crippen LogP contribution in [0.3, 0.4) is 0 Å². The number of amides is 1. The molecule has 1 aromatic carbocycles. The van der Waals surface area contributed by atoms with Crippen molar-refractivity contribution in [2.75, 3.05) is 19.6 Å². The third kappa shape index (κ3) is 3.64. The highest BCUT2D eigenvalue weighted by Crippen LogP contribution is 2.30. The third-order valence-electron chi connectivity index (χ3n) is 5.14. The first kappa shape index (κ1) is 15.8. The van der Waals surface area contributed by atoms with Gasteiger partial charge in [-0.25, -0.2) is 0 Å². The van der Waals surface area contributed by atoms with Crippen LogP contribution in [-0.4, -0.2) is 36.5 Å². The van der Waals surface area contributed by atoms with Crippen LogP contribution < -0.4 is 5.32 Å². The minimum atomic E-state index is 0.221. The van der Waals surface area contributed by atoms with E-state index in [4.69, 9.17) is 11.6 Å². The normalized spacial score (nSPS) is 27.6. The summed E-state index contributed by atoms with van der Waals surface area (Å²) in [5.41, 5.74) is 1.30. The first-order valence-electron chi connectivity index (χ1n) is 8.39. The number of carbonyl (C=O) groups is 1. The highest BCUT2D eigenvalue weighted by Gasteiger charge is 2.34. The Balaban J connectivity index is 1.67. The number of nitrogens with zero attached hydrogens (tertiary/aromatic N) is 1. The molecule has 22 heavy (non-hydrogen) atoms. The number of likely N-dealkylation sites (tertiary alicyclic amines) is 1. The molecule has 0 bridgehead atoms. The molecule has 3 nitrogen and oxygen atoms in total. The van der Waals surface area contributed by atoms with Gasteiger partial charge in [0, 0.05) is 36.5 Å². The predicted molar refractivity (Wildman–Crippen MR) is 90.2 cm³/mol. The van der Waals surface area contributed by atoms with Crippen molar-refractivity contribution in [1.82, 2.24) is 10.2 Å². The lowest BCUT2D eigenvalue weighted by atomic mass is 9.88. The molecule has 3 rings (SSSR count). The Morgan fingerprint density at radius 1 is 1.41 bits per heavy atom. The van der Waals surface area contributed by atoms with E-state index in [1.165, 1.54) is 24.8 Å². The van der Waals surface area contributed by atoms with Crippen molar-refractivity contribution in [3.8, 4) is 0 Å². The molecule has 0 aromatic heterocycles. The molecule has 1 N–H and O–H groups in total. The van der Waals surface area contributed by atoms with E-state index in [0.29, 0.717) is 24.3 Å². The summed E-state index contributed by atoms with van der Waals surface area (Å²) >= 11 is 6.12. The smallest absolute Gasteiger partial charge is 0.220 e. The van der Waals surface area contributed by atoms with E-state index < -0.39 is 0 Å². The largest absolute Gasteiger partial charge is 0.356 e. The van der Waals surface area contributed by atoms with Crippen LogP contribution in [0.4, 0.5) is 0 Å². The second-order valence-electron chi connectivity index (χ2n) is 6.78. The topological polar surface area (TPSA) is 32.3 Å². The minimum Gasteiger partial charge on any atom is -0.356 e. The maximum atomic E-state index is 11.5. The van der Waals surface area contributed by atoms with Crippen LogP contribution >= 0.6 is 11.6 Å². The molecule has 3 atom stereocenters. The summed E-state index contributed by atoms with van der Waals surface area (Å²) in [6.45, 7) is 5.33. The SMILES string of the molecule is C[C@H](CN1CCCC[C@@H]1[C@H]1CNC(=O)C1)c1cccc(Cl)c1. The molecule has 2 fully saturated rings. The summed E-state index contributed by atoms with van der Waals surface area (Å²) in [4.78, 5) is 14.2. The average molecular weight is 321 g/mol. The summed E-state index contributed by atoms with van der Waals surface area (Å²) in [5, 5.41) is 3.81. The van der Waals surface area contributed by atoms with E-state index in [9.17, 15) is 4.79 Å². The number of hydrogen-bond acceptors (Lipinski definition) is 2. The molecule has 4 heteroatoms. The monoisotopic (exact) mass is 320 g/mol. The van der Waals surface area contributed by atoms with E-state index in [0.717, 1.165) is 24.7 Å². The third-order valence-corrected chi connectivity index (χ3v) is 5.38. The number of carbonyl (C=O) groups excluding carboxylic acids is 1. The van der Waals surface area contributed by atoms with Gasteiger partial charge in [-0.1, -0.05) is 37.1 Å². The van der Waals surface area contributed by atoms with Gasteiger partial charge in [0.15, 0.2) is 0 Å². The van der Waals surface area contributed by atoms with Crippen LogP contribution in [0.2, 0.25) is 5.02 Å². The molecule has 0 unspecified atom stereocenters. The molecule has 2 heterocycles. The zero-order valence-corrected chi connectivity index (χ0v) is 14.0. The van der Waals surface area contributed by atoms with Gasteiger partial charge in [-0.3, -0.25) is 9.69 Å². The van der Waals surface area contributed by atoms with E-state index in [-0.39, 0.29) is 5.91 Å². The van der Waals surface area contributed by atoms with Gasteiger partial charge < -0.3 is 5.32 Å². The molecular weight excluding hydrogens is 296 g/mol. The predicted octanol–water partition coefficient (Wildman–Crippen LogP) is 3.43. The minimum absolute atomic E-state index is 0.221. The summed E-state index contributed by atoms with van der Waals surface area (Å²) in [5.74, 6) is 1.17. The van der Waals surface area contributed by atoms with Gasteiger partial charge in [-0.2, -0.15) is 0 Å². The van der Waals surface area contributed by atoms with E-state index in [2.05, 4.69) is 29.3 Å². The Hall–Kier alpha value is -1.06. The lowest BCUT2D eigenvalue weighted by Gasteiger charge is -2.40. The highest BCUT2D eigenvalue weighted by molar-refractivity contribution is 6.30. The van der Waals surface area contributed by atoms with E-state index >= 15 is 0 Å². The van der Waals surface area contributed by atoms with Crippen molar-refractivity contribution in [3.63, 3.8) is 0 Å². The lowest BCUT2D eigenvalue weighted by molar-refractivity contribution is -0.119. The summed E-state index contributed by atoms with van der Waals surface area (Å²) in [6.07, 6.45) is 4.48. The fourth-order valence-electron chi connectivity index (χ4n) is 3.95. The Labute approximate surface area is 138 Å². The quantitative estimate of drug-likeness (QED) is 0.921. The van der Waals surface area contributed by atoms with Gasteiger partial charge in [-0.05, 0) is 43.0 Å². The van der Waals surface area contributed by atoms with Crippen LogP contribution in [0.15, 0.2) is 24.3 Å². The standard InChI is InChI=1S/C18H25ClN2O/c1-13(14-5-4-6-16(19)9-14)12-21-8-3-2-7-17(21)15-10-18(22)20-11-15/h4-6,9,13,15,17H,2-3,7-8,10-12H2,1H3,(H,20,22)/t13-,15-,17-/m1/s1. The molecule has 0 radical (unpaired) electrons. The fraction of sp³-hybridized carbons (Fsp3) is 0.611. The first-order valence-corrected chi connectivity index (χ1v) is 8.77. The van der Waals surface area contributed by atoms with Crippen molar-refractivity contribution in [3.05, 3.63) is 34.9 Å². The van der Waals surface area contributed by atoms with E-state index in [1.807, 2.05) is 12.1 Å². The van der Waals surface area contributed by atoms with Crippen LogP contribution in [0.25, 0.3) is 0 Å². The van der Waals surface area contributed by atoms with E-state index in [1.54, 1.807) is 0 Å². The van der Waals surface area contributed by atoms with Crippen LogP contribution in [0.1, 0.15) is 44.1 Å². The van der Waals surface area contributed by atoms with Crippen LogP contribution in [-0.2, 0) is 4.79 Å². The van der Waals surface area contributed by atoms with Crippen molar-refractivity contribution in [2.45, 2.75) is 44.6 Å². The summed E-state index contributed by atoms with van der Waals surface area (Å²) in [6, 6.07) is 8.75. The summed E-state index contributed by atoms with van der Waals surface area (Å²) in [7, 11) is 0. The number of piperidine rings is 1. The second-order valence-corrected chi connectivity index (χ2v) is 7.22. The molecule has 2 aliphatic heterocycles. The number of hydrogen-bond donors (Lipinski definition) is 1. The van der Waals surface area contributed by atoms with Gasteiger partial charge in [0.2, 0.25) is 5.91 Å². The maximum Gasteiger partial charge on any atom is 0.220 e. The highest BCUT2D eigenvalue weighted by atomic mass is 35.5. The van der Waals surface area contributed by atoms with Gasteiger partial charge in [-0.15, -0.1) is 0 Å². The van der Waals surface area contributed by atoms with Crippen molar-refractivity contribution in [2.24, 2.45) is 5.92 Å². The zero-order valence-electron chi connectivity index (χ0n) is 13.2. The molecule has 0 saturated carbocycles. The van der Waals surface area contributed by atoms with Gasteiger partial charge >= 0.3 is 0 Å². The molecule has 0 aliphatic carbocycles. The van der Waals surface area contributed by atoms with Crippen molar-refractivity contribution in [1.29, 1.82) is 0 Å². The van der Waals surface area contributed by atoms with Crippen LogP contribution in [0, 0.1) is 5.92 Å². The number of benzene rings is 1. The number of nitrogens with one attached hydrogen (secondary N) is 1. The van der Waals surface area contributed by atoms with Gasteiger partial charge in [0.25, 0.3) is 0 Å². The zero-order chi connectivity index (χ0) is 15.5. The Kier molecular flexibility index (Phi) is 5.04. The van der Waals surface area contributed by atoms with Gasteiger partial charge in [0.05, 0.1) is 0 Å². The molecule has 1 amide bonds. The number of halogens is 1. The second kappa shape index (κ2) is 7.01. The molecule has 2 saturated heterocycles. The Morgan fingerprint density at radius 2 is 2.27 bits per heavy atom. The average Bonchev–Trinajstić information content (AvgIpc) is 2.94. The Morgan fingerprint density at radius 3 is 3.00 bits per heavy atom. The van der Waals surface area contributed by atoms with Crippen LogP contribution in [0.5, 0.6) is 0 Å². The lowest BCUT2D eigenvalue weighted by Crippen LogP contribution is -2.46. The maximum absolute atomic E-state index is 11.5. The molecule has 120 valence electrons. The molecule has 1 aromatic rings. The molecule has 0 spiro atoms. The van der Waals surface area contributed by atoms with Gasteiger partial charge in [0.1, 0.15) is 0 Å². The fourth-order valence-corrected chi connectivity index (χ4v) is 4.15. The van der Waals surface area contributed by atoms with Crippen molar-refractivity contribution < 1.29 is 4.79 Å². The number of rotatable bonds is 4. The summed E-state index contributed by atoms with van der Waals surface area (Å²) < 4.78 is 0.